The second kappa shape index (κ2) is 5.90. The van der Waals surface area contributed by atoms with Crippen molar-refractivity contribution in [2.45, 2.75) is 13.8 Å². The number of rotatable bonds is 3. The van der Waals surface area contributed by atoms with Crippen molar-refractivity contribution in [1.29, 1.82) is 0 Å². The molecule has 0 unspecified atom stereocenters. The minimum atomic E-state index is -0.0884. The van der Waals surface area contributed by atoms with Gasteiger partial charge in [-0.05, 0) is 44.2 Å². The summed E-state index contributed by atoms with van der Waals surface area (Å²) in [5.41, 5.74) is 4.69. The molecule has 3 aromatic rings. The Labute approximate surface area is 130 Å². The summed E-state index contributed by atoms with van der Waals surface area (Å²) in [6, 6.07) is 19.6. The van der Waals surface area contributed by atoms with E-state index < -0.39 is 0 Å². The number of amides is 1. The molecule has 3 nitrogen and oxygen atoms in total. The molecule has 0 aliphatic carbocycles. The molecule has 1 aromatic heterocycles. The van der Waals surface area contributed by atoms with Crippen LogP contribution in [-0.4, -0.2) is 10.5 Å². The quantitative estimate of drug-likeness (QED) is 0.764. The average Bonchev–Trinajstić information content (AvgIpc) is 2.91. The zero-order chi connectivity index (χ0) is 15.5. The van der Waals surface area contributed by atoms with E-state index in [1.807, 2.05) is 54.1 Å². The first-order chi connectivity index (χ1) is 10.6. The number of nitrogens with zero attached hydrogens (tertiary/aromatic N) is 1. The Hall–Kier alpha value is -2.81. The summed E-state index contributed by atoms with van der Waals surface area (Å²) in [6.07, 6.45) is 1.93. The Bertz CT molecular complexity index is 786. The van der Waals surface area contributed by atoms with Gasteiger partial charge in [-0.3, -0.25) is 4.79 Å². The highest BCUT2D eigenvalue weighted by atomic mass is 16.1. The normalized spacial score (nSPS) is 10.5. The molecule has 0 fully saturated rings. The zero-order valence-electron chi connectivity index (χ0n) is 12.7. The second-order valence-corrected chi connectivity index (χ2v) is 5.34. The van der Waals surface area contributed by atoms with Gasteiger partial charge in [0.1, 0.15) is 0 Å². The lowest BCUT2D eigenvalue weighted by molar-refractivity contribution is 0.102. The molecule has 3 heteroatoms. The third-order valence-electron chi connectivity index (χ3n) is 3.73. The van der Waals surface area contributed by atoms with Crippen molar-refractivity contribution in [3.8, 4) is 5.69 Å². The minimum absolute atomic E-state index is 0.0884. The number of carbonyl (C=O) groups excluding carboxylic acids is 1. The molecule has 1 N–H and O–H groups in total. The van der Waals surface area contributed by atoms with Crippen LogP contribution in [0, 0.1) is 13.8 Å². The number of aromatic nitrogens is 1. The number of aryl methyl sites for hydroxylation is 1. The lowest BCUT2D eigenvalue weighted by Crippen LogP contribution is -2.13. The van der Waals surface area contributed by atoms with Gasteiger partial charge in [-0.15, -0.1) is 0 Å². The largest absolute Gasteiger partial charge is 0.322 e. The van der Waals surface area contributed by atoms with Crippen LogP contribution in [-0.2, 0) is 0 Å². The van der Waals surface area contributed by atoms with Gasteiger partial charge >= 0.3 is 0 Å². The van der Waals surface area contributed by atoms with Gasteiger partial charge in [0, 0.05) is 23.3 Å². The molecular formula is C19H18N2O. The maximum absolute atomic E-state index is 12.4. The van der Waals surface area contributed by atoms with Crippen LogP contribution in [0.15, 0.2) is 66.9 Å². The summed E-state index contributed by atoms with van der Waals surface area (Å²) in [5.74, 6) is -0.0884. The average molecular weight is 290 g/mol. The van der Waals surface area contributed by atoms with Crippen LogP contribution in [0.3, 0.4) is 0 Å². The third kappa shape index (κ3) is 2.79. The highest BCUT2D eigenvalue weighted by Crippen LogP contribution is 2.18. The predicted octanol–water partition coefficient (Wildman–Crippen LogP) is 4.35. The van der Waals surface area contributed by atoms with E-state index in [9.17, 15) is 4.79 Å². The molecule has 0 saturated heterocycles. The molecular weight excluding hydrogens is 272 g/mol. The fourth-order valence-electron chi connectivity index (χ4n) is 2.46. The molecule has 0 radical (unpaired) electrons. The van der Waals surface area contributed by atoms with Crippen molar-refractivity contribution in [3.05, 3.63) is 83.7 Å². The van der Waals surface area contributed by atoms with Crippen molar-refractivity contribution in [2.75, 3.05) is 5.32 Å². The number of nitrogens with one attached hydrogen (secondary N) is 1. The molecule has 0 bridgehead atoms. The topological polar surface area (TPSA) is 34.0 Å². The van der Waals surface area contributed by atoms with E-state index in [0.717, 1.165) is 17.1 Å². The highest BCUT2D eigenvalue weighted by Gasteiger charge is 2.13. The molecule has 1 heterocycles. The highest BCUT2D eigenvalue weighted by molar-refractivity contribution is 6.05. The maximum Gasteiger partial charge on any atom is 0.257 e. The van der Waals surface area contributed by atoms with E-state index in [1.165, 1.54) is 5.56 Å². The molecule has 0 spiro atoms. The summed E-state index contributed by atoms with van der Waals surface area (Å²) < 4.78 is 2.03. The monoisotopic (exact) mass is 290 g/mol. The van der Waals surface area contributed by atoms with Gasteiger partial charge in [0.15, 0.2) is 0 Å². The van der Waals surface area contributed by atoms with E-state index in [4.69, 9.17) is 0 Å². The van der Waals surface area contributed by atoms with Crippen LogP contribution < -0.4 is 5.32 Å². The van der Waals surface area contributed by atoms with Crippen molar-refractivity contribution in [2.24, 2.45) is 0 Å². The lowest BCUT2D eigenvalue weighted by Gasteiger charge is -2.08. The van der Waals surface area contributed by atoms with E-state index in [0.29, 0.717) is 5.56 Å². The Balaban J connectivity index is 1.87. The fraction of sp³-hybridized carbons (Fsp3) is 0.105. The van der Waals surface area contributed by atoms with E-state index in [1.54, 1.807) is 0 Å². The Morgan fingerprint density at radius 3 is 2.27 bits per heavy atom. The molecule has 3 rings (SSSR count). The maximum atomic E-state index is 12.4. The van der Waals surface area contributed by atoms with E-state index >= 15 is 0 Å². The van der Waals surface area contributed by atoms with Crippen molar-refractivity contribution in [3.63, 3.8) is 0 Å². The standard InChI is InChI=1S/C19H18N2O/c1-14-8-10-17(11-9-14)21-13-12-18(15(21)2)19(22)20-16-6-4-3-5-7-16/h3-13H,1-2H3,(H,20,22). The molecule has 110 valence electrons. The summed E-state index contributed by atoms with van der Waals surface area (Å²) in [5, 5.41) is 2.92. The van der Waals surface area contributed by atoms with E-state index in [-0.39, 0.29) is 5.91 Å². The smallest absolute Gasteiger partial charge is 0.257 e. The molecule has 22 heavy (non-hydrogen) atoms. The van der Waals surface area contributed by atoms with Crippen LogP contribution in [0.1, 0.15) is 21.6 Å². The lowest BCUT2D eigenvalue weighted by atomic mass is 10.2. The molecule has 0 aliphatic heterocycles. The molecule has 0 saturated carbocycles. The van der Waals surface area contributed by atoms with Gasteiger partial charge in [-0.25, -0.2) is 0 Å². The number of hydrogen-bond donors (Lipinski definition) is 1. The van der Waals surface area contributed by atoms with Crippen molar-refractivity contribution in [1.82, 2.24) is 4.57 Å². The third-order valence-corrected chi connectivity index (χ3v) is 3.73. The van der Waals surface area contributed by atoms with Crippen LogP contribution in [0.4, 0.5) is 5.69 Å². The molecule has 2 aromatic carbocycles. The van der Waals surface area contributed by atoms with Crippen LogP contribution >= 0.6 is 0 Å². The fourth-order valence-corrected chi connectivity index (χ4v) is 2.46. The van der Waals surface area contributed by atoms with Gasteiger partial charge in [0.2, 0.25) is 0 Å². The van der Waals surface area contributed by atoms with Gasteiger partial charge < -0.3 is 9.88 Å². The SMILES string of the molecule is Cc1ccc(-n2ccc(C(=O)Nc3ccccc3)c2C)cc1. The van der Waals surface area contributed by atoms with Crippen molar-refractivity contribution >= 4 is 11.6 Å². The van der Waals surface area contributed by atoms with Gasteiger partial charge in [0.25, 0.3) is 5.91 Å². The minimum Gasteiger partial charge on any atom is -0.322 e. The predicted molar refractivity (Wildman–Crippen MR) is 89.6 cm³/mol. The van der Waals surface area contributed by atoms with Crippen LogP contribution in [0.25, 0.3) is 5.69 Å². The van der Waals surface area contributed by atoms with Gasteiger partial charge in [0.05, 0.1) is 5.56 Å². The Morgan fingerprint density at radius 1 is 0.909 bits per heavy atom. The second-order valence-electron chi connectivity index (χ2n) is 5.34. The number of para-hydroxylation sites is 1. The first kappa shape index (κ1) is 14.1. The molecule has 0 aliphatic rings. The molecule has 1 amide bonds. The summed E-state index contributed by atoms with van der Waals surface area (Å²) in [6.45, 7) is 4.02. The summed E-state index contributed by atoms with van der Waals surface area (Å²) >= 11 is 0. The summed E-state index contributed by atoms with van der Waals surface area (Å²) in [4.78, 5) is 12.4. The van der Waals surface area contributed by atoms with Gasteiger partial charge in [-0.1, -0.05) is 35.9 Å². The number of carbonyl (C=O) groups is 1. The zero-order valence-corrected chi connectivity index (χ0v) is 12.7. The first-order valence-corrected chi connectivity index (χ1v) is 7.26. The van der Waals surface area contributed by atoms with E-state index in [2.05, 4.69) is 36.5 Å². The van der Waals surface area contributed by atoms with Crippen LogP contribution in [0.5, 0.6) is 0 Å². The van der Waals surface area contributed by atoms with Crippen molar-refractivity contribution < 1.29 is 4.79 Å². The van der Waals surface area contributed by atoms with Crippen LogP contribution in [0.2, 0.25) is 0 Å². The Kier molecular flexibility index (Phi) is 3.79. The van der Waals surface area contributed by atoms with Gasteiger partial charge in [-0.2, -0.15) is 0 Å². The number of hydrogen-bond acceptors (Lipinski definition) is 1. The molecule has 0 atom stereocenters. The number of benzene rings is 2. The number of anilines is 1. The summed E-state index contributed by atoms with van der Waals surface area (Å²) in [7, 11) is 0. The first-order valence-electron chi connectivity index (χ1n) is 7.26. The Morgan fingerprint density at radius 2 is 1.59 bits per heavy atom.